The molecule has 3 aromatic rings. The van der Waals surface area contributed by atoms with Gasteiger partial charge >= 0.3 is 0 Å². The van der Waals surface area contributed by atoms with E-state index < -0.39 is 0 Å². The highest BCUT2D eigenvalue weighted by Crippen LogP contribution is 2.49. The van der Waals surface area contributed by atoms with E-state index in [0.717, 1.165) is 38.9 Å². The summed E-state index contributed by atoms with van der Waals surface area (Å²) >= 11 is 0. The first kappa shape index (κ1) is 17.6. The molecule has 144 valence electrons. The fourth-order valence-corrected chi connectivity index (χ4v) is 5.64. The van der Waals surface area contributed by atoms with Gasteiger partial charge in [0.15, 0.2) is 0 Å². The molecular weight excluding hydrogens is 344 g/mol. The lowest BCUT2D eigenvalue weighted by atomic mass is 9.58. The van der Waals surface area contributed by atoms with E-state index in [4.69, 9.17) is 0 Å². The zero-order valence-corrected chi connectivity index (χ0v) is 16.5. The SMILES string of the molecule is C=CCN1CCC2(c3cccc(O)c3)Cc3[nH]c4ccc(C)cc4c3CC2C1. The van der Waals surface area contributed by atoms with E-state index in [1.54, 1.807) is 6.07 Å². The van der Waals surface area contributed by atoms with Gasteiger partial charge in [-0.1, -0.05) is 29.8 Å². The molecule has 1 aliphatic heterocycles. The van der Waals surface area contributed by atoms with Crippen molar-refractivity contribution >= 4 is 10.9 Å². The molecule has 2 aromatic carbocycles. The van der Waals surface area contributed by atoms with Gasteiger partial charge in [-0.25, -0.2) is 0 Å². The number of aromatic hydroxyl groups is 1. The number of hydrogen-bond acceptors (Lipinski definition) is 2. The second-order valence-corrected chi connectivity index (χ2v) is 8.71. The summed E-state index contributed by atoms with van der Waals surface area (Å²) in [6, 6.07) is 14.7. The fourth-order valence-electron chi connectivity index (χ4n) is 5.64. The minimum Gasteiger partial charge on any atom is -0.508 e. The lowest BCUT2D eigenvalue weighted by Crippen LogP contribution is -2.53. The molecule has 0 amide bonds. The Morgan fingerprint density at radius 3 is 3.00 bits per heavy atom. The van der Waals surface area contributed by atoms with Crippen molar-refractivity contribution in [2.45, 2.75) is 31.6 Å². The van der Waals surface area contributed by atoms with Crippen molar-refractivity contribution in [1.29, 1.82) is 0 Å². The van der Waals surface area contributed by atoms with Gasteiger partial charge in [0.1, 0.15) is 5.75 Å². The molecular formula is C25H28N2O. The Bertz CT molecular complexity index is 1050. The second kappa shape index (κ2) is 6.52. The maximum Gasteiger partial charge on any atom is 0.115 e. The Morgan fingerprint density at radius 1 is 1.29 bits per heavy atom. The minimum atomic E-state index is 0.0827. The van der Waals surface area contributed by atoms with Crippen molar-refractivity contribution in [1.82, 2.24) is 9.88 Å². The van der Waals surface area contributed by atoms with Crippen molar-refractivity contribution in [3.8, 4) is 5.75 Å². The molecule has 0 spiro atoms. The molecule has 28 heavy (non-hydrogen) atoms. The van der Waals surface area contributed by atoms with E-state index >= 15 is 0 Å². The highest BCUT2D eigenvalue weighted by Gasteiger charge is 2.47. The van der Waals surface area contributed by atoms with E-state index in [1.165, 1.54) is 33.3 Å². The maximum absolute atomic E-state index is 10.2. The van der Waals surface area contributed by atoms with E-state index in [-0.39, 0.29) is 5.41 Å². The Kier molecular flexibility index (Phi) is 4.09. The van der Waals surface area contributed by atoms with Gasteiger partial charge in [-0.05, 0) is 74.0 Å². The molecule has 2 aliphatic rings. The highest BCUT2D eigenvalue weighted by molar-refractivity contribution is 5.85. The van der Waals surface area contributed by atoms with Crippen LogP contribution < -0.4 is 0 Å². The summed E-state index contributed by atoms with van der Waals surface area (Å²) in [5.74, 6) is 0.909. The van der Waals surface area contributed by atoms with Crippen LogP contribution in [0.1, 0.15) is 28.8 Å². The number of aromatic amines is 1. The molecule has 0 bridgehead atoms. The van der Waals surface area contributed by atoms with Crippen LogP contribution in [-0.4, -0.2) is 34.6 Å². The fraction of sp³-hybridized carbons (Fsp3) is 0.360. The molecule has 2 unspecified atom stereocenters. The van der Waals surface area contributed by atoms with Crippen LogP contribution in [0.2, 0.25) is 0 Å². The van der Waals surface area contributed by atoms with Gasteiger partial charge in [-0.15, -0.1) is 6.58 Å². The summed E-state index contributed by atoms with van der Waals surface area (Å²) in [5, 5.41) is 11.6. The Hall–Kier alpha value is -2.52. The number of hydrogen-bond donors (Lipinski definition) is 2. The molecule has 3 nitrogen and oxygen atoms in total. The van der Waals surface area contributed by atoms with Crippen LogP contribution in [0.3, 0.4) is 0 Å². The molecule has 1 saturated heterocycles. The zero-order valence-electron chi connectivity index (χ0n) is 16.5. The number of piperidine rings is 1. The molecule has 1 aliphatic carbocycles. The molecule has 0 saturated carbocycles. The molecule has 2 N–H and O–H groups in total. The summed E-state index contributed by atoms with van der Waals surface area (Å²) < 4.78 is 0. The summed E-state index contributed by atoms with van der Waals surface area (Å²) in [6.07, 6.45) is 5.24. The molecule has 1 aromatic heterocycles. The average Bonchev–Trinajstić information content (AvgIpc) is 3.03. The largest absolute Gasteiger partial charge is 0.508 e. The van der Waals surface area contributed by atoms with Gasteiger partial charge in [0, 0.05) is 35.1 Å². The van der Waals surface area contributed by atoms with Gasteiger partial charge < -0.3 is 10.1 Å². The van der Waals surface area contributed by atoms with E-state index in [2.05, 4.69) is 47.7 Å². The maximum atomic E-state index is 10.2. The number of phenolic OH excluding ortho intramolecular Hbond substituents is 1. The molecule has 0 radical (unpaired) electrons. The summed E-state index contributed by atoms with van der Waals surface area (Å²) in [7, 11) is 0. The molecule has 2 heterocycles. The van der Waals surface area contributed by atoms with Crippen LogP contribution in [0.5, 0.6) is 5.75 Å². The van der Waals surface area contributed by atoms with Crippen LogP contribution in [0.4, 0.5) is 0 Å². The number of nitrogens with one attached hydrogen (secondary N) is 1. The number of rotatable bonds is 3. The molecule has 1 fully saturated rings. The summed E-state index contributed by atoms with van der Waals surface area (Å²) in [6.45, 7) is 9.23. The first-order chi connectivity index (χ1) is 13.6. The number of benzene rings is 2. The van der Waals surface area contributed by atoms with Crippen molar-refractivity contribution in [2.24, 2.45) is 5.92 Å². The van der Waals surface area contributed by atoms with Crippen LogP contribution in [0.25, 0.3) is 10.9 Å². The van der Waals surface area contributed by atoms with Gasteiger partial charge in [0.2, 0.25) is 0 Å². The summed E-state index contributed by atoms with van der Waals surface area (Å²) in [5.41, 5.74) is 6.83. The number of aromatic nitrogens is 1. The van der Waals surface area contributed by atoms with E-state index in [1.807, 2.05) is 18.2 Å². The van der Waals surface area contributed by atoms with Gasteiger partial charge in [0.05, 0.1) is 0 Å². The molecule has 3 heteroatoms. The molecule has 2 atom stereocenters. The number of phenols is 1. The second-order valence-electron chi connectivity index (χ2n) is 8.71. The number of nitrogens with zero attached hydrogens (tertiary/aromatic N) is 1. The lowest BCUT2D eigenvalue weighted by Gasteiger charge is -2.51. The van der Waals surface area contributed by atoms with Crippen molar-refractivity contribution < 1.29 is 5.11 Å². The number of H-pyrrole nitrogens is 1. The topological polar surface area (TPSA) is 39.3 Å². The lowest BCUT2D eigenvalue weighted by molar-refractivity contribution is 0.0896. The van der Waals surface area contributed by atoms with E-state index in [0.29, 0.717) is 11.7 Å². The first-order valence-corrected chi connectivity index (χ1v) is 10.3. The predicted molar refractivity (Wildman–Crippen MR) is 115 cm³/mol. The minimum absolute atomic E-state index is 0.0827. The molecule has 5 rings (SSSR count). The van der Waals surface area contributed by atoms with Crippen LogP contribution in [-0.2, 0) is 18.3 Å². The third kappa shape index (κ3) is 2.68. The Morgan fingerprint density at radius 2 is 2.18 bits per heavy atom. The summed E-state index contributed by atoms with van der Waals surface area (Å²) in [4.78, 5) is 6.26. The third-order valence-electron chi connectivity index (χ3n) is 7.04. The van der Waals surface area contributed by atoms with Crippen LogP contribution >= 0.6 is 0 Å². The number of aryl methyl sites for hydroxylation is 1. The van der Waals surface area contributed by atoms with Crippen molar-refractivity contribution in [3.05, 3.63) is 77.5 Å². The van der Waals surface area contributed by atoms with E-state index in [9.17, 15) is 5.11 Å². The normalized spacial score (nSPS) is 24.7. The van der Waals surface area contributed by atoms with Crippen molar-refractivity contribution in [3.63, 3.8) is 0 Å². The number of fused-ring (bicyclic) bond motifs is 4. The number of likely N-dealkylation sites (tertiary alicyclic amines) is 1. The Balaban J connectivity index is 1.64. The predicted octanol–water partition coefficient (Wildman–Crippen LogP) is 4.73. The van der Waals surface area contributed by atoms with Crippen LogP contribution in [0.15, 0.2) is 55.1 Å². The Labute approximate surface area is 166 Å². The highest BCUT2D eigenvalue weighted by atomic mass is 16.3. The van der Waals surface area contributed by atoms with Crippen molar-refractivity contribution in [2.75, 3.05) is 19.6 Å². The van der Waals surface area contributed by atoms with Crippen LogP contribution in [0, 0.1) is 12.8 Å². The van der Waals surface area contributed by atoms with Gasteiger partial charge in [0.25, 0.3) is 0 Å². The van der Waals surface area contributed by atoms with Gasteiger partial charge in [-0.3, -0.25) is 4.90 Å². The average molecular weight is 373 g/mol. The standard InChI is InChI=1S/C25H28N2O/c1-3-10-27-11-9-25(18-5-4-6-20(28)13-18)15-24-22(14-19(25)16-27)21-12-17(2)7-8-23(21)26-24/h3-8,12-13,19,26,28H,1,9-11,14-16H2,2H3. The monoisotopic (exact) mass is 372 g/mol. The first-order valence-electron chi connectivity index (χ1n) is 10.3. The third-order valence-corrected chi connectivity index (χ3v) is 7.04. The zero-order chi connectivity index (χ0) is 19.3. The van der Waals surface area contributed by atoms with Gasteiger partial charge in [-0.2, -0.15) is 0 Å². The quantitative estimate of drug-likeness (QED) is 0.653. The smallest absolute Gasteiger partial charge is 0.115 e.